The molecule has 0 bridgehead atoms. The minimum atomic E-state index is 0. The number of amides is 1. The molecule has 6 nitrogen and oxygen atoms in total. The largest absolute Gasteiger partial charge is 0.339 e. The fourth-order valence-corrected chi connectivity index (χ4v) is 4.12. The minimum absolute atomic E-state index is 0. The number of aromatic nitrogens is 2. The van der Waals surface area contributed by atoms with Crippen LogP contribution in [-0.2, 0) is 0 Å². The van der Waals surface area contributed by atoms with Gasteiger partial charge in [-0.3, -0.25) is 4.79 Å². The van der Waals surface area contributed by atoms with Crippen LogP contribution in [0.4, 0.5) is 0 Å². The Morgan fingerprint density at radius 1 is 1.18 bits per heavy atom. The Morgan fingerprint density at radius 3 is 2.57 bits per heavy atom. The van der Waals surface area contributed by atoms with Crippen molar-refractivity contribution in [2.45, 2.75) is 50.9 Å². The lowest BCUT2D eigenvalue weighted by Crippen LogP contribution is -2.38. The molecule has 2 saturated heterocycles. The summed E-state index contributed by atoms with van der Waals surface area (Å²) in [6.45, 7) is 7.59. The Labute approximate surface area is 172 Å². The van der Waals surface area contributed by atoms with Gasteiger partial charge in [0.05, 0.1) is 0 Å². The van der Waals surface area contributed by atoms with Crippen LogP contribution in [-0.4, -0.2) is 47.1 Å². The summed E-state index contributed by atoms with van der Waals surface area (Å²) in [6, 6.07) is 8.11. The zero-order valence-corrected chi connectivity index (χ0v) is 17.4. The number of piperidine rings is 1. The summed E-state index contributed by atoms with van der Waals surface area (Å²) in [6.07, 6.45) is 2.85. The van der Waals surface area contributed by atoms with Gasteiger partial charge in [-0.15, -0.1) is 12.4 Å². The number of rotatable bonds is 4. The van der Waals surface area contributed by atoms with Crippen molar-refractivity contribution in [3.63, 3.8) is 0 Å². The summed E-state index contributed by atoms with van der Waals surface area (Å²) in [7, 11) is 0. The maximum atomic E-state index is 13.2. The summed E-state index contributed by atoms with van der Waals surface area (Å²) in [5.74, 6) is 2.61. The van der Waals surface area contributed by atoms with Crippen molar-refractivity contribution in [2.75, 3.05) is 26.2 Å². The van der Waals surface area contributed by atoms with Crippen molar-refractivity contribution >= 4 is 18.3 Å². The molecule has 7 heteroatoms. The first-order chi connectivity index (χ1) is 13.1. The highest BCUT2D eigenvalue weighted by Crippen LogP contribution is 2.30. The summed E-state index contributed by atoms with van der Waals surface area (Å²) >= 11 is 0. The van der Waals surface area contributed by atoms with Gasteiger partial charge in [-0.2, -0.15) is 4.98 Å². The van der Waals surface area contributed by atoms with Crippen LogP contribution < -0.4 is 5.32 Å². The van der Waals surface area contributed by atoms with Crippen LogP contribution in [0.3, 0.4) is 0 Å². The van der Waals surface area contributed by atoms with Crippen molar-refractivity contribution in [1.82, 2.24) is 20.4 Å². The molecule has 4 rings (SSSR count). The predicted molar refractivity (Wildman–Crippen MR) is 110 cm³/mol. The second-order valence-corrected chi connectivity index (χ2v) is 7.99. The zero-order chi connectivity index (χ0) is 18.8. The summed E-state index contributed by atoms with van der Waals surface area (Å²) < 4.78 is 5.46. The average molecular weight is 405 g/mol. The molecule has 1 amide bonds. The molecule has 1 aromatic carbocycles. The maximum absolute atomic E-state index is 13.2. The van der Waals surface area contributed by atoms with E-state index < -0.39 is 0 Å². The van der Waals surface area contributed by atoms with Crippen LogP contribution >= 0.6 is 12.4 Å². The van der Waals surface area contributed by atoms with Gasteiger partial charge in [0, 0.05) is 37.0 Å². The maximum Gasteiger partial charge on any atom is 0.254 e. The van der Waals surface area contributed by atoms with Crippen LogP contribution in [0.2, 0.25) is 0 Å². The molecule has 1 unspecified atom stereocenters. The normalized spacial score (nSPS) is 20.4. The van der Waals surface area contributed by atoms with Crippen molar-refractivity contribution < 1.29 is 9.32 Å². The number of halogens is 1. The summed E-state index contributed by atoms with van der Waals surface area (Å²) in [5, 5.41) is 7.48. The molecule has 3 heterocycles. The third-order valence-electron chi connectivity index (χ3n) is 5.80. The van der Waals surface area contributed by atoms with Gasteiger partial charge >= 0.3 is 0 Å². The smallest absolute Gasteiger partial charge is 0.254 e. The van der Waals surface area contributed by atoms with Gasteiger partial charge in [0.15, 0.2) is 5.82 Å². The van der Waals surface area contributed by atoms with Crippen molar-refractivity contribution in [1.29, 1.82) is 0 Å². The highest BCUT2D eigenvalue weighted by Gasteiger charge is 2.30. The van der Waals surface area contributed by atoms with E-state index in [2.05, 4.69) is 35.4 Å². The highest BCUT2D eigenvalue weighted by atomic mass is 35.5. The van der Waals surface area contributed by atoms with Crippen molar-refractivity contribution in [2.24, 2.45) is 0 Å². The summed E-state index contributed by atoms with van der Waals surface area (Å²) in [5.41, 5.74) is 2.05. The van der Waals surface area contributed by atoms with Crippen molar-refractivity contribution in [3.05, 3.63) is 47.1 Å². The van der Waals surface area contributed by atoms with Gasteiger partial charge in [0.2, 0.25) is 5.89 Å². The van der Waals surface area contributed by atoms with E-state index in [0.717, 1.165) is 62.7 Å². The molecule has 0 radical (unpaired) electrons. The first-order valence-electron chi connectivity index (χ1n) is 10.1. The quantitative estimate of drug-likeness (QED) is 0.840. The highest BCUT2D eigenvalue weighted by molar-refractivity contribution is 5.96. The molecule has 2 aromatic rings. The Balaban J connectivity index is 0.00000225. The number of nitrogens with one attached hydrogen (secondary N) is 1. The fraction of sp³-hybridized carbons (Fsp3) is 0.571. The Hall–Kier alpha value is -1.92. The topological polar surface area (TPSA) is 71.3 Å². The van der Waals surface area contributed by atoms with Gasteiger partial charge in [-0.1, -0.05) is 37.2 Å². The Kier molecular flexibility index (Phi) is 6.73. The SMILES string of the molecule is CC(C)c1noc(C2CCN(C(=O)c3ccccc3C3CCNC3)CC2)n1.Cl. The van der Waals surface area contributed by atoms with Crippen LogP contribution in [0.1, 0.15) is 78.5 Å². The second kappa shape index (κ2) is 9.05. The average Bonchev–Trinajstić information content (AvgIpc) is 3.40. The molecule has 0 spiro atoms. The van der Waals surface area contributed by atoms with E-state index in [9.17, 15) is 4.79 Å². The lowest BCUT2D eigenvalue weighted by molar-refractivity contribution is 0.0703. The van der Waals surface area contributed by atoms with Gasteiger partial charge < -0.3 is 14.7 Å². The molecule has 0 aliphatic carbocycles. The molecule has 1 atom stereocenters. The molecule has 0 saturated carbocycles. The Morgan fingerprint density at radius 2 is 1.93 bits per heavy atom. The van der Waals surface area contributed by atoms with E-state index in [1.807, 2.05) is 23.1 Å². The standard InChI is InChI=1S/C21H28N4O2.ClH/c1-14(2)19-23-20(27-24-19)15-8-11-25(12-9-15)21(26)18-6-4-3-5-17(18)16-7-10-22-13-16;/h3-6,14-16,22H,7-13H2,1-2H3;1H. The monoisotopic (exact) mass is 404 g/mol. The van der Waals surface area contributed by atoms with E-state index in [1.54, 1.807) is 0 Å². The van der Waals surface area contributed by atoms with Crippen molar-refractivity contribution in [3.8, 4) is 0 Å². The molecule has 152 valence electrons. The number of carbonyl (C=O) groups excluding carboxylic acids is 1. The van der Waals surface area contributed by atoms with E-state index >= 15 is 0 Å². The lowest BCUT2D eigenvalue weighted by Gasteiger charge is -2.31. The molecule has 2 aliphatic rings. The summed E-state index contributed by atoms with van der Waals surface area (Å²) in [4.78, 5) is 19.7. The molecule has 2 fully saturated rings. The number of likely N-dealkylation sites (tertiary alicyclic amines) is 1. The third kappa shape index (κ3) is 4.23. The van der Waals surface area contributed by atoms with Gasteiger partial charge in [0.1, 0.15) is 0 Å². The van der Waals surface area contributed by atoms with Crippen LogP contribution in [0.5, 0.6) is 0 Å². The molecule has 28 heavy (non-hydrogen) atoms. The van der Waals surface area contributed by atoms with E-state index in [1.165, 1.54) is 5.56 Å². The fourth-order valence-electron chi connectivity index (χ4n) is 4.12. The second-order valence-electron chi connectivity index (χ2n) is 7.99. The first-order valence-corrected chi connectivity index (χ1v) is 10.1. The minimum Gasteiger partial charge on any atom is -0.339 e. The van der Waals surface area contributed by atoms with E-state index in [4.69, 9.17) is 4.52 Å². The Bertz CT molecular complexity index is 793. The van der Waals surface area contributed by atoms with Gasteiger partial charge in [-0.05, 0) is 43.4 Å². The molecular weight excluding hydrogens is 376 g/mol. The van der Waals surface area contributed by atoms with Gasteiger partial charge in [-0.25, -0.2) is 0 Å². The molecule has 1 aromatic heterocycles. The van der Waals surface area contributed by atoms with Crippen LogP contribution in [0, 0.1) is 0 Å². The van der Waals surface area contributed by atoms with Crippen LogP contribution in [0.25, 0.3) is 0 Å². The lowest BCUT2D eigenvalue weighted by atomic mass is 9.91. The number of carbonyl (C=O) groups is 1. The van der Waals surface area contributed by atoms with Crippen LogP contribution in [0.15, 0.2) is 28.8 Å². The number of hydrogen-bond acceptors (Lipinski definition) is 5. The number of hydrogen-bond donors (Lipinski definition) is 1. The van der Waals surface area contributed by atoms with E-state index in [0.29, 0.717) is 5.92 Å². The van der Waals surface area contributed by atoms with E-state index in [-0.39, 0.29) is 30.2 Å². The van der Waals surface area contributed by atoms with Gasteiger partial charge in [0.25, 0.3) is 5.91 Å². The number of nitrogens with zero attached hydrogens (tertiary/aromatic N) is 3. The third-order valence-corrected chi connectivity index (χ3v) is 5.80. The predicted octanol–water partition coefficient (Wildman–Crippen LogP) is 3.71. The number of benzene rings is 1. The molecule has 2 aliphatic heterocycles. The molecular formula is C21H29ClN4O2. The zero-order valence-electron chi connectivity index (χ0n) is 16.6. The molecule has 1 N–H and O–H groups in total. The first kappa shape index (κ1) is 20.8.